The quantitative estimate of drug-likeness (QED) is 0.419. The molecule has 0 unspecified atom stereocenters. The summed E-state index contributed by atoms with van der Waals surface area (Å²) in [5.41, 5.74) is 2.80. The van der Waals surface area contributed by atoms with Gasteiger partial charge in [-0.25, -0.2) is 0 Å². The molecule has 31 heavy (non-hydrogen) atoms. The van der Waals surface area contributed by atoms with Gasteiger partial charge in [-0.2, -0.15) is 5.26 Å². The Morgan fingerprint density at radius 2 is 1.87 bits per heavy atom. The minimum absolute atomic E-state index is 0.0740. The predicted octanol–water partition coefficient (Wildman–Crippen LogP) is 6.66. The Morgan fingerprint density at radius 3 is 2.45 bits per heavy atom. The molecule has 3 rings (SSSR count). The molecule has 0 saturated carbocycles. The molecule has 1 aliphatic heterocycles. The molecule has 0 fully saturated rings. The smallest absolute Gasteiger partial charge is 0.174 e. The number of nitrogens with one attached hydrogen (secondary N) is 1. The van der Waals surface area contributed by atoms with Crippen molar-refractivity contribution in [1.29, 1.82) is 5.26 Å². The number of carbonyl (C=O) groups is 2. The van der Waals surface area contributed by atoms with Gasteiger partial charge < -0.3 is 5.32 Å². The Morgan fingerprint density at radius 1 is 1.19 bits per heavy atom. The van der Waals surface area contributed by atoms with Crippen LogP contribution in [0.2, 0.25) is 10.0 Å². The zero-order valence-corrected chi connectivity index (χ0v) is 20.5. The van der Waals surface area contributed by atoms with Crippen LogP contribution in [0.15, 0.2) is 68.8 Å². The zero-order valence-electron chi connectivity index (χ0n) is 16.6. The number of rotatable bonds is 6. The topological polar surface area (TPSA) is 70.0 Å². The molecule has 0 aromatic heterocycles. The maximum Gasteiger partial charge on any atom is 0.174 e. The van der Waals surface area contributed by atoms with E-state index in [0.717, 1.165) is 10.0 Å². The van der Waals surface area contributed by atoms with Crippen molar-refractivity contribution in [2.75, 3.05) is 5.75 Å². The standard InChI is InChI=1S/C23H17BrCl2N2O2S/c1-12-21(13(2)29)22(14-3-5-15(24)6-4-14)18(10-27)23(28-12)31-11-20(30)17-8-7-16(25)9-19(17)26/h3-9,22,28H,11H2,1-2H3/t22-/m0/s1. The zero-order chi connectivity index (χ0) is 22.7. The number of ketones is 2. The van der Waals surface area contributed by atoms with Gasteiger partial charge in [0.15, 0.2) is 11.6 Å². The first-order valence-electron chi connectivity index (χ1n) is 9.22. The van der Waals surface area contributed by atoms with Crippen LogP contribution in [0.25, 0.3) is 0 Å². The molecule has 0 radical (unpaired) electrons. The fourth-order valence-electron chi connectivity index (χ4n) is 3.41. The molecule has 1 aliphatic rings. The van der Waals surface area contributed by atoms with E-state index in [9.17, 15) is 14.9 Å². The molecule has 1 N–H and O–H groups in total. The first-order valence-corrected chi connectivity index (χ1v) is 11.8. The van der Waals surface area contributed by atoms with Gasteiger partial charge in [0.25, 0.3) is 0 Å². The number of halogens is 3. The van der Waals surface area contributed by atoms with E-state index in [2.05, 4.69) is 27.3 Å². The minimum Gasteiger partial charge on any atom is -0.353 e. The van der Waals surface area contributed by atoms with Gasteiger partial charge in [-0.3, -0.25) is 9.59 Å². The molecule has 0 spiro atoms. The maximum atomic E-state index is 12.7. The lowest BCUT2D eigenvalue weighted by molar-refractivity contribution is -0.113. The first-order chi connectivity index (χ1) is 14.7. The highest BCUT2D eigenvalue weighted by molar-refractivity contribution is 9.10. The molecule has 4 nitrogen and oxygen atoms in total. The van der Waals surface area contributed by atoms with Gasteiger partial charge in [-0.15, -0.1) is 0 Å². The highest BCUT2D eigenvalue weighted by Gasteiger charge is 2.33. The van der Waals surface area contributed by atoms with Crippen molar-refractivity contribution in [3.05, 3.63) is 90.0 Å². The van der Waals surface area contributed by atoms with Gasteiger partial charge in [0, 0.05) is 26.3 Å². The summed E-state index contributed by atoms with van der Waals surface area (Å²) in [7, 11) is 0. The molecule has 2 aromatic rings. The molecule has 2 aromatic carbocycles. The van der Waals surface area contributed by atoms with Gasteiger partial charge in [0.2, 0.25) is 0 Å². The molecule has 0 aliphatic carbocycles. The van der Waals surface area contributed by atoms with Crippen LogP contribution in [-0.4, -0.2) is 17.3 Å². The van der Waals surface area contributed by atoms with Crippen LogP contribution >= 0.6 is 50.9 Å². The third kappa shape index (κ3) is 5.24. The Labute approximate surface area is 203 Å². The number of benzene rings is 2. The van der Waals surface area contributed by atoms with Crippen molar-refractivity contribution >= 4 is 62.5 Å². The Kier molecular flexibility index (Phi) is 7.66. The second-order valence-corrected chi connectivity index (χ2v) is 9.64. The first kappa shape index (κ1) is 23.6. The Balaban J connectivity index is 1.95. The average molecular weight is 536 g/mol. The lowest BCUT2D eigenvalue weighted by Gasteiger charge is -2.29. The van der Waals surface area contributed by atoms with Gasteiger partial charge in [-0.1, -0.05) is 63.0 Å². The van der Waals surface area contributed by atoms with Gasteiger partial charge in [-0.05, 0) is 49.7 Å². The number of allylic oxidation sites excluding steroid dienone is 3. The third-order valence-electron chi connectivity index (χ3n) is 4.81. The molecular formula is C23H17BrCl2N2O2S. The summed E-state index contributed by atoms with van der Waals surface area (Å²) in [6.45, 7) is 3.29. The van der Waals surface area contributed by atoms with E-state index in [4.69, 9.17) is 23.2 Å². The van der Waals surface area contributed by atoms with Gasteiger partial charge in [0.1, 0.15) is 0 Å². The molecule has 8 heteroatoms. The lowest BCUT2D eigenvalue weighted by atomic mass is 9.81. The van der Waals surface area contributed by atoms with Gasteiger partial charge >= 0.3 is 0 Å². The average Bonchev–Trinajstić information content (AvgIpc) is 2.71. The summed E-state index contributed by atoms with van der Waals surface area (Å²) in [6, 6.07) is 14.5. The number of hydrogen-bond donors (Lipinski definition) is 1. The van der Waals surface area contributed by atoms with Crippen LogP contribution in [0.4, 0.5) is 0 Å². The molecular weight excluding hydrogens is 519 g/mol. The van der Waals surface area contributed by atoms with Gasteiger partial charge in [0.05, 0.1) is 33.4 Å². The molecule has 1 heterocycles. The van der Waals surface area contributed by atoms with Crippen molar-refractivity contribution in [1.82, 2.24) is 5.32 Å². The summed E-state index contributed by atoms with van der Waals surface area (Å²) in [5, 5.41) is 14.4. The predicted molar refractivity (Wildman–Crippen MR) is 129 cm³/mol. The van der Waals surface area contributed by atoms with Crippen LogP contribution in [0.5, 0.6) is 0 Å². The van der Waals surface area contributed by atoms with E-state index in [0.29, 0.717) is 32.5 Å². The monoisotopic (exact) mass is 534 g/mol. The summed E-state index contributed by atoms with van der Waals surface area (Å²) in [4.78, 5) is 25.1. The number of Topliss-reactive ketones (excluding diaryl/α,β-unsaturated/α-hetero) is 2. The van der Waals surface area contributed by atoms with Crippen LogP contribution < -0.4 is 5.32 Å². The number of nitrogens with zero attached hydrogens (tertiary/aromatic N) is 1. The van der Waals surface area contributed by atoms with Crippen molar-refractivity contribution in [2.45, 2.75) is 19.8 Å². The second kappa shape index (κ2) is 10.1. The summed E-state index contributed by atoms with van der Waals surface area (Å²) in [6.07, 6.45) is 0. The van der Waals surface area contributed by atoms with Crippen LogP contribution in [0.3, 0.4) is 0 Å². The molecule has 158 valence electrons. The Hall–Kier alpha value is -2.04. The lowest BCUT2D eigenvalue weighted by Crippen LogP contribution is -2.27. The van der Waals surface area contributed by atoms with Crippen molar-refractivity contribution < 1.29 is 9.59 Å². The van der Waals surface area contributed by atoms with E-state index < -0.39 is 5.92 Å². The summed E-state index contributed by atoms with van der Waals surface area (Å²) in [5.74, 6) is -0.727. The molecule has 0 bridgehead atoms. The molecule has 1 atom stereocenters. The van der Waals surface area contributed by atoms with Crippen molar-refractivity contribution in [2.24, 2.45) is 0 Å². The number of dihydropyridines is 1. The summed E-state index contributed by atoms with van der Waals surface area (Å²) >= 11 is 16.7. The minimum atomic E-state index is -0.506. The second-order valence-electron chi connectivity index (χ2n) is 6.90. The van der Waals surface area contributed by atoms with Crippen LogP contribution in [0, 0.1) is 11.3 Å². The normalized spacial score (nSPS) is 16.1. The van der Waals surface area contributed by atoms with E-state index in [-0.39, 0.29) is 22.3 Å². The summed E-state index contributed by atoms with van der Waals surface area (Å²) < 4.78 is 0.901. The fourth-order valence-corrected chi connectivity index (χ4v) is 5.17. The van der Waals surface area contributed by atoms with E-state index in [1.807, 2.05) is 24.3 Å². The van der Waals surface area contributed by atoms with Crippen LogP contribution in [-0.2, 0) is 4.79 Å². The van der Waals surface area contributed by atoms with E-state index in [1.165, 1.54) is 24.8 Å². The van der Waals surface area contributed by atoms with E-state index >= 15 is 0 Å². The van der Waals surface area contributed by atoms with Crippen molar-refractivity contribution in [3.8, 4) is 6.07 Å². The number of thioether (sulfide) groups is 1. The third-order valence-corrected chi connectivity index (χ3v) is 6.90. The van der Waals surface area contributed by atoms with Crippen molar-refractivity contribution in [3.63, 3.8) is 0 Å². The number of nitriles is 1. The van der Waals surface area contributed by atoms with Crippen LogP contribution in [0.1, 0.15) is 35.7 Å². The number of hydrogen-bond acceptors (Lipinski definition) is 5. The maximum absolute atomic E-state index is 12.7. The highest BCUT2D eigenvalue weighted by atomic mass is 79.9. The van der Waals surface area contributed by atoms with E-state index in [1.54, 1.807) is 19.1 Å². The highest BCUT2D eigenvalue weighted by Crippen LogP contribution is 2.41. The largest absolute Gasteiger partial charge is 0.353 e. The SMILES string of the molecule is CC(=O)C1=C(C)NC(SCC(=O)c2ccc(Cl)cc2Cl)=C(C#N)[C@@H]1c1ccc(Br)cc1. The molecule has 0 amide bonds. The Bertz CT molecular complexity index is 1170. The molecule has 0 saturated heterocycles. The fraction of sp³-hybridized carbons (Fsp3) is 0.174. The number of carbonyl (C=O) groups excluding carboxylic acids is 2.